The number of nitrogens with one attached hydrogen (secondary N) is 1. The lowest BCUT2D eigenvalue weighted by Gasteiger charge is -2.38. The largest absolute Gasteiger partial charge is 0.459 e. The third-order valence-corrected chi connectivity index (χ3v) is 5.50. The minimum Gasteiger partial charge on any atom is -0.459 e. The van der Waals surface area contributed by atoms with E-state index in [0.29, 0.717) is 24.8 Å². The van der Waals surface area contributed by atoms with Crippen LogP contribution in [0, 0.1) is 5.92 Å². The molecule has 0 bridgehead atoms. The van der Waals surface area contributed by atoms with E-state index in [1.54, 1.807) is 12.1 Å². The molecule has 0 aromatic carbocycles. The fraction of sp³-hybridized carbons (Fsp3) is 0.667. The maximum atomic E-state index is 12.3. The summed E-state index contributed by atoms with van der Waals surface area (Å²) in [6.07, 6.45) is 6.90. The summed E-state index contributed by atoms with van der Waals surface area (Å²) in [6.45, 7) is 2.09. The van der Waals surface area contributed by atoms with Gasteiger partial charge in [-0.2, -0.15) is 0 Å². The standard InChI is InChI=1S/C18H24N2O4/c21-16(19-12-13-3-4-13)14-5-6-18(24-14)7-9-20(10-8-18)17(22)15-2-1-11-23-15/h1-2,11,13-14H,3-10,12H2,(H,19,21)/t14-/m0/s1. The molecule has 3 aliphatic rings. The highest BCUT2D eigenvalue weighted by atomic mass is 16.5. The van der Waals surface area contributed by atoms with Crippen LogP contribution in [-0.4, -0.2) is 48.1 Å². The van der Waals surface area contributed by atoms with E-state index in [-0.39, 0.29) is 23.5 Å². The van der Waals surface area contributed by atoms with Crippen molar-refractivity contribution >= 4 is 11.8 Å². The Labute approximate surface area is 141 Å². The summed E-state index contributed by atoms with van der Waals surface area (Å²) in [4.78, 5) is 26.4. The number of hydrogen-bond donors (Lipinski definition) is 1. The van der Waals surface area contributed by atoms with Gasteiger partial charge in [0.15, 0.2) is 5.76 Å². The summed E-state index contributed by atoms with van der Waals surface area (Å²) in [6, 6.07) is 3.42. The van der Waals surface area contributed by atoms with Crippen molar-refractivity contribution in [1.29, 1.82) is 0 Å². The molecule has 2 amide bonds. The molecule has 1 aromatic heterocycles. The average molecular weight is 332 g/mol. The van der Waals surface area contributed by atoms with Gasteiger partial charge in [0.1, 0.15) is 6.10 Å². The Morgan fingerprint density at radius 1 is 1.21 bits per heavy atom. The maximum absolute atomic E-state index is 12.3. The monoisotopic (exact) mass is 332 g/mol. The summed E-state index contributed by atoms with van der Waals surface area (Å²) < 4.78 is 11.3. The Balaban J connectivity index is 1.29. The topological polar surface area (TPSA) is 71.8 Å². The predicted molar refractivity (Wildman–Crippen MR) is 86.4 cm³/mol. The molecule has 4 rings (SSSR count). The lowest BCUT2D eigenvalue weighted by atomic mass is 9.88. The second-order valence-corrected chi connectivity index (χ2v) is 7.29. The van der Waals surface area contributed by atoms with E-state index < -0.39 is 0 Å². The summed E-state index contributed by atoms with van der Waals surface area (Å²) in [5.74, 6) is 1.04. The van der Waals surface area contributed by atoms with Gasteiger partial charge in [0.2, 0.25) is 5.91 Å². The second kappa shape index (κ2) is 6.24. The lowest BCUT2D eigenvalue weighted by Crippen LogP contribution is -2.47. The Morgan fingerprint density at radius 2 is 2.00 bits per heavy atom. The van der Waals surface area contributed by atoms with Crippen LogP contribution in [-0.2, 0) is 9.53 Å². The molecule has 24 heavy (non-hydrogen) atoms. The first-order valence-electron chi connectivity index (χ1n) is 8.94. The Bertz CT molecular complexity index is 601. The van der Waals surface area contributed by atoms with Crippen LogP contribution >= 0.6 is 0 Å². The van der Waals surface area contributed by atoms with Crippen LogP contribution in [0.25, 0.3) is 0 Å². The van der Waals surface area contributed by atoms with Crippen molar-refractivity contribution in [2.75, 3.05) is 19.6 Å². The van der Waals surface area contributed by atoms with Crippen molar-refractivity contribution in [2.24, 2.45) is 5.92 Å². The fourth-order valence-electron chi connectivity index (χ4n) is 3.72. The third kappa shape index (κ3) is 3.20. The third-order valence-electron chi connectivity index (χ3n) is 5.50. The molecule has 1 spiro atoms. The quantitative estimate of drug-likeness (QED) is 0.915. The van der Waals surface area contributed by atoms with Gasteiger partial charge in [-0.3, -0.25) is 9.59 Å². The van der Waals surface area contributed by atoms with E-state index in [9.17, 15) is 9.59 Å². The van der Waals surface area contributed by atoms with E-state index in [2.05, 4.69) is 5.32 Å². The van der Waals surface area contributed by atoms with Crippen LogP contribution in [0.15, 0.2) is 22.8 Å². The van der Waals surface area contributed by atoms with E-state index in [1.807, 2.05) is 4.90 Å². The molecular weight excluding hydrogens is 308 g/mol. The van der Waals surface area contributed by atoms with Gasteiger partial charge in [-0.15, -0.1) is 0 Å². The molecular formula is C18H24N2O4. The van der Waals surface area contributed by atoms with Gasteiger partial charge in [0.05, 0.1) is 11.9 Å². The zero-order chi connectivity index (χ0) is 16.6. The molecule has 3 fully saturated rings. The molecule has 6 nitrogen and oxygen atoms in total. The van der Waals surface area contributed by atoms with Crippen molar-refractivity contribution in [3.05, 3.63) is 24.2 Å². The van der Waals surface area contributed by atoms with Crippen LogP contribution in [0.2, 0.25) is 0 Å². The van der Waals surface area contributed by atoms with Gasteiger partial charge < -0.3 is 19.4 Å². The summed E-state index contributed by atoms with van der Waals surface area (Å²) in [7, 11) is 0. The van der Waals surface area contributed by atoms with Crippen molar-refractivity contribution in [2.45, 2.75) is 50.2 Å². The number of carbonyl (C=O) groups excluding carboxylic acids is 2. The summed E-state index contributed by atoms with van der Waals surface area (Å²) in [5.41, 5.74) is -0.235. The van der Waals surface area contributed by atoms with Crippen LogP contribution in [0.4, 0.5) is 0 Å². The summed E-state index contributed by atoms with van der Waals surface area (Å²) in [5, 5.41) is 3.01. The zero-order valence-corrected chi connectivity index (χ0v) is 13.8. The maximum Gasteiger partial charge on any atom is 0.289 e. The highest BCUT2D eigenvalue weighted by Gasteiger charge is 2.45. The Morgan fingerprint density at radius 3 is 2.67 bits per heavy atom. The van der Waals surface area contributed by atoms with Crippen LogP contribution in [0.3, 0.4) is 0 Å². The number of furan rings is 1. The molecule has 1 saturated carbocycles. The van der Waals surface area contributed by atoms with Crippen LogP contribution in [0.1, 0.15) is 49.1 Å². The number of rotatable bonds is 4. The Hall–Kier alpha value is -1.82. The molecule has 3 heterocycles. The van der Waals surface area contributed by atoms with Crippen LogP contribution in [0.5, 0.6) is 0 Å². The first-order chi connectivity index (χ1) is 11.7. The first-order valence-corrected chi connectivity index (χ1v) is 8.94. The van der Waals surface area contributed by atoms with Crippen molar-refractivity contribution in [3.8, 4) is 0 Å². The summed E-state index contributed by atoms with van der Waals surface area (Å²) >= 11 is 0. The minimum atomic E-state index is -0.323. The number of amides is 2. The number of hydrogen-bond acceptors (Lipinski definition) is 4. The lowest BCUT2D eigenvalue weighted by molar-refractivity contribution is -0.140. The highest BCUT2D eigenvalue weighted by molar-refractivity contribution is 5.91. The number of likely N-dealkylation sites (tertiary alicyclic amines) is 1. The van der Waals surface area contributed by atoms with E-state index in [4.69, 9.17) is 9.15 Å². The van der Waals surface area contributed by atoms with Crippen molar-refractivity contribution < 1.29 is 18.7 Å². The van der Waals surface area contributed by atoms with Gasteiger partial charge in [0, 0.05) is 19.6 Å². The highest BCUT2D eigenvalue weighted by Crippen LogP contribution is 2.39. The molecule has 2 aliphatic heterocycles. The molecule has 6 heteroatoms. The molecule has 0 unspecified atom stereocenters. The van der Waals surface area contributed by atoms with Crippen molar-refractivity contribution in [1.82, 2.24) is 10.2 Å². The Kier molecular flexibility index (Phi) is 4.08. The SMILES string of the molecule is O=C(NCC1CC1)[C@@H]1CCC2(CCN(C(=O)c3ccco3)CC2)O1. The smallest absolute Gasteiger partial charge is 0.289 e. The normalized spacial score (nSPS) is 25.8. The van der Waals surface area contributed by atoms with E-state index in [1.165, 1.54) is 19.1 Å². The molecule has 1 N–H and O–H groups in total. The minimum absolute atomic E-state index is 0.0351. The second-order valence-electron chi connectivity index (χ2n) is 7.29. The fourth-order valence-corrected chi connectivity index (χ4v) is 3.72. The number of carbonyl (C=O) groups is 2. The molecule has 1 aliphatic carbocycles. The number of nitrogens with zero attached hydrogens (tertiary/aromatic N) is 1. The van der Waals surface area contributed by atoms with E-state index >= 15 is 0 Å². The van der Waals surface area contributed by atoms with Crippen LogP contribution < -0.4 is 5.32 Å². The molecule has 0 radical (unpaired) electrons. The number of ether oxygens (including phenoxy) is 1. The first kappa shape index (κ1) is 15.7. The van der Waals surface area contributed by atoms with Gasteiger partial charge >= 0.3 is 0 Å². The molecule has 2 saturated heterocycles. The predicted octanol–water partition coefficient (Wildman–Crippen LogP) is 1.96. The van der Waals surface area contributed by atoms with Gasteiger partial charge in [-0.25, -0.2) is 0 Å². The van der Waals surface area contributed by atoms with Gasteiger partial charge in [-0.05, 0) is 56.6 Å². The van der Waals surface area contributed by atoms with Gasteiger partial charge in [-0.1, -0.05) is 0 Å². The molecule has 1 aromatic rings. The van der Waals surface area contributed by atoms with Gasteiger partial charge in [0.25, 0.3) is 5.91 Å². The number of piperidine rings is 1. The van der Waals surface area contributed by atoms with Crippen molar-refractivity contribution in [3.63, 3.8) is 0 Å². The average Bonchev–Trinajstić information content (AvgIpc) is 3.09. The molecule has 1 atom stereocenters. The zero-order valence-electron chi connectivity index (χ0n) is 13.8. The van der Waals surface area contributed by atoms with E-state index in [0.717, 1.165) is 32.2 Å². The molecule has 130 valence electrons.